The maximum atomic E-state index is 13.8. The maximum Gasteiger partial charge on any atom is 0.275 e. The van der Waals surface area contributed by atoms with E-state index in [1.807, 2.05) is 43.4 Å². The molecule has 4 fully saturated rings. The molecule has 4 saturated heterocycles. The molecule has 7 rings (SSSR count). The first-order chi connectivity index (χ1) is 14.6. The number of likely N-dealkylation sites (tertiary alicyclic amines) is 1. The van der Waals surface area contributed by atoms with Crippen LogP contribution in [0.2, 0.25) is 0 Å². The summed E-state index contributed by atoms with van der Waals surface area (Å²) in [6.45, 7) is 2.86. The lowest BCUT2D eigenvalue weighted by molar-refractivity contribution is -0.00354. The quantitative estimate of drug-likeness (QED) is 0.657. The third-order valence-corrected chi connectivity index (χ3v) is 7.51. The van der Waals surface area contributed by atoms with Gasteiger partial charge in [0.05, 0.1) is 11.6 Å². The molecule has 3 atom stereocenters. The van der Waals surface area contributed by atoms with Crippen LogP contribution >= 0.6 is 0 Å². The molecule has 4 aliphatic rings. The van der Waals surface area contributed by atoms with E-state index in [-0.39, 0.29) is 23.7 Å². The van der Waals surface area contributed by atoms with Crippen LogP contribution in [0.3, 0.4) is 0 Å². The van der Waals surface area contributed by atoms with Gasteiger partial charge in [-0.1, -0.05) is 30.3 Å². The Morgan fingerprint density at radius 1 is 1.03 bits per heavy atom. The number of piperidine rings is 3. The number of carbonyl (C=O) groups excluding carboxylic acids is 1. The van der Waals surface area contributed by atoms with E-state index in [0.29, 0.717) is 24.2 Å². The summed E-state index contributed by atoms with van der Waals surface area (Å²) in [4.78, 5) is 18.5. The van der Waals surface area contributed by atoms with Crippen LogP contribution in [0.4, 0.5) is 4.39 Å². The molecular formula is C24H25FN4O. The molecular weight excluding hydrogens is 379 g/mol. The highest BCUT2D eigenvalue weighted by atomic mass is 19.1. The second kappa shape index (κ2) is 6.64. The zero-order chi connectivity index (χ0) is 20.4. The predicted molar refractivity (Wildman–Crippen MR) is 113 cm³/mol. The molecule has 2 aromatic carbocycles. The summed E-state index contributed by atoms with van der Waals surface area (Å²) in [5.41, 5.74) is 2.64. The van der Waals surface area contributed by atoms with Gasteiger partial charge in [0.25, 0.3) is 5.91 Å². The third-order valence-electron chi connectivity index (χ3n) is 7.51. The topological polar surface area (TPSA) is 41.4 Å². The lowest BCUT2D eigenvalue weighted by Crippen LogP contribution is -2.60. The molecule has 0 spiro atoms. The van der Waals surface area contributed by atoms with Gasteiger partial charge in [0.2, 0.25) is 0 Å². The van der Waals surface area contributed by atoms with Crippen molar-refractivity contribution in [3.63, 3.8) is 0 Å². The highest BCUT2D eigenvalue weighted by molar-refractivity contribution is 6.05. The number of fused-ring (bicyclic) bond motifs is 3. The minimum atomic E-state index is -0.216. The summed E-state index contributed by atoms with van der Waals surface area (Å²) in [7, 11) is 1.89. The minimum Gasteiger partial charge on any atom is -0.332 e. The van der Waals surface area contributed by atoms with Crippen LogP contribution < -0.4 is 0 Å². The van der Waals surface area contributed by atoms with Crippen molar-refractivity contribution in [2.75, 3.05) is 19.6 Å². The van der Waals surface area contributed by atoms with Crippen LogP contribution in [-0.4, -0.2) is 57.2 Å². The van der Waals surface area contributed by atoms with Gasteiger partial charge in [0.15, 0.2) is 5.69 Å². The molecule has 4 aliphatic heterocycles. The van der Waals surface area contributed by atoms with Crippen LogP contribution in [-0.2, 0) is 7.05 Å². The fourth-order valence-electron chi connectivity index (χ4n) is 6.17. The van der Waals surface area contributed by atoms with Crippen molar-refractivity contribution >= 4 is 16.8 Å². The molecule has 0 N–H and O–H groups in total. The molecule has 0 aliphatic carbocycles. The molecule has 5 heterocycles. The van der Waals surface area contributed by atoms with Gasteiger partial charge in [-0.25, -0.2) is 4.39 Å². The van der Waals surface area contributed by atoms with Gasteiger partial charge >= 0.3 is 0 Å². The van der Waals surface area contributed by atoms with Gasteiger partial charge in [0, 0.05) is 30.9 Å². The number of rotatable bonds is 2. The number of carbonyl (C=O) groups is 1. The summed E-state index contributed by atoms with van der Waals surface area (Å²) in [6.07, 6.45) is 2.29. The van der Waals surface area contributed by atoms with Crippen molar-refractivity contribution in [3.05, 3.63) is 65.6 Å². The number of benzene rings is 2. The molecule has 0 unspecified atom stereocenters. The van der Waals surface area contributed by atoms with Gasteiger partial charge < -0.3 is 4.90 Å². The summed E-state index contributed by atoms with van der Waals surface area (Å²) in [6, 6.07) is 15.3. The molecule has 154 valence electrons. The molecule has 1 amide bonds. The fraction of sp³-hybridized carbons (Fsp3) is 0.417. The van der Waals surface area contributed by atoms with E-state index in [0.717, 1.165) is 42.4 Å². The van der Waals surface area contributed by atoms with Crippen molar-refractivity contribution in [3.8, 4) is 0 Å². The molecule has 5 nitrogen and oxygen atoms in total. The van der Waals surface area contributed by atoms with Gasteiger partial charge in [-0.15, -0.1) is 0 Å². The first-order valence-electron chi connectivity index (χ1n) is 10.8. The summed E-state index contributed by atoms with van der Waals surface area (Å²) in [5, 5.41) is 5.52. The number of hydrogen-bond donors (Lipinski definition) is 0. The smallest absolute Gasteiger partial charge is 0.275 e. The molecule has 30 heavy (non-hydrogen) atoms. The standard InChI is InChI=1S/C24H25FN4O/c1-27-20-5-3-2-4-18(20)21(26-27)24(30)29-14-19(15-6-8-17(25)9-7-15)23-22(29)16-10-12-28(23)13-11-16/h2-9,16,19,22-23H,10-14H2,1H3/t19-,22+,23+/m0/s1. The average Bonchev–Trinajstić information content (AvgIpc) is 3.36. The molecule has 6 heteroatoms. The molecule has 0 radical (unpaired) electrons. The number of hydrogen-bond acceptors (Lipinski definition) is 3. The minimum absolute atomic E-state index is 0.0279. The van der Waals surface area contributed by atoms with Crippen LogP contribution in [0.5, 0.6) is 0 Å². The van der Waals surface area contributed by atoms with E-state index in [4.69, 9.17) is 0 Å². The van der Waals surface area contributed by atoms with E-state index in [9.17, 15) is 9.18 Å². The first kappa shape index (κ1) is 18.1. The molecule has 2 bridgehead atoms. The van der Waals surface area contributed by atoms with Gasteiger partial charge in [-0.2, -0.15) is 5.10 Å². The number of aromatic nitrogens is 2. The Labute approximate surface area is 175 Å². The number of nitrogens with zero attached hydrogens (tertiary/aromatic N) is 4. The van der Waals surface area contributed by atoms with Crippen molar-refractivity contribution in [1.82, 2.24) is 19.6 Å². The Kier molecular flexibility index (Phi) is 4.00. The van der Waals surface area contributed by atoms with Crippen molar-refractivity contribution in [2.24, 2.45) is 13.0 Å². The molecule has 3 aromatic rings. The second-order valence-corrected chi connectivity index (χ2v) is 8.96. The lowest BCUT2D eigenvalue weighted by Gasteiger charge is -2.51. The lowest BCUT2D eigenvalue weighted by atomic mass is 9.75. The van der Waals surface area contributed by atoms with E-state index in [1.165, 1.54) is 12.1 Å². The Bertz CT molecular complexity index is 1120. The highest BCUT2D eigenvalue weighted by Gasteiger charge is 2.55. The van der Waals surface area contributed by atoms with E-state index in [1.54, 1.807) is 4.68 Å². The van der Waals surface area contributed by atoms with E-state index >= 15 is 0 Å². The van der Waals surface area contributed by atoms with Gasteiger partial charge in [0.1, 0.15) is 5.82 Å². The molecule has 0 saturated carbocycles. The second-order valence-electron chi connectivity index (χ2n) is 8.96. The third kappa shape index (κ3) is 2.56. The van der Waals surface area contributed by atoms with Crippen LogP contribution in [0.25, 0.3) is 10.9 Å². The van der Waals surface area contributed by atoms with Crippen molar-refractivity contribution in [2.45, 2.75) is 30.8 Å². The summed E-state index contributed by atoms with van der Waals surface area (Å²) >= 11 is 0. The fourth-order valence-corrected chi connectivity index (χ4v) is 6.17. The largest absolute Gasteiger partial charge is 0.332 e. The van der Waals surface area contributed by atoms with Crippen LogP contribution in [0, 0.1) is 11.7 Å². The zero-order valence-corrected chi connectivity index (χ0v) is 17.0. The van der Waals surface area contributed by atoms with Gasteiger partial charge in [-0.3, -0.25) is 14.4 Å². The number of para-hydroxylation sites is 1. The van der Waals surface area contributed by atoms with Gasteiger partial charge in [-0.05, 0) is 55.6 Å². The highest BCUT2D eigenvalue weighted by Crippen LogP contribution is 2.47. The number of aryl methyl sites for hydroxylation is 1. The average molecular weight is 404 g/mol. The van der Waals surface area contributed by atoms with E-state index < -0.39 is 0 Å². The Hall–Kier alpha value is -2.73. The summed E-state index contributed by atoms with van der Waals surface area (Å²) in [5.74, 6) is 0.550. The Morgan fingerprint density at radius 3 is 2.53 bits per heavy atom. The molecule has 1 aromatic heterocycles. The van der Waals surface area contributed by atoms with Crippen LogP contribution in [0.1, 0.15) is 34.8 Å². The number of halogens is 1. The van der Waals surface area contributed by atoms with Crippen molar-refractivity contribution < 1.29 is 9.18 Å². The Balaban J connectivity index is 1.42. The predicted octanol–water partition coefficient (Wildman–Crippen LogP) is 3.41. The zero-order valence-electron chi connectivity index (χ0n) is 17.0. The normalized spacial score (nSPS) is 30.1. The first-order valence-corrected chi connectivity index (χ1v) is 10.8. The summed E-state index contributed by atoms with van der Waals surface area (Å²) < 4.78 is 15.3. The maximum absolute atomic E-state index is 13.8. The monoisotopic (exact) mass is 404 g/mol. The number of amides is 1. The Morgan fingerprint density at radius 2 is 1.77 bits per heavy atom. The van der Waals surface area contributed by atoms with Crippen molar-refractivity contribution in [1.29, 1.82) is 0 Å². The van der Waals surface area contributed by atoms with Crippen LogP contribution in [0.15, 0.2) is 48.5 Å². The SMILES string of the molecule is Cn1nc(C(=O)N2C[C@@H](c3ccc(F)cc3)[C@@H]3[C@H]2C2CCN3CC2)c2ccccc21. The van der Waals surface area contributed by atoms with E-state index in [2.05, 4.69) is 14.9 Å².